The Morgan fingerprint density at radius 1 is 0.769 bits per heavy atom. The average molecular weight is 386 g/mol. The number of hydrogen-bond donors (Lipinski definition) is 1. The Labute approximate surface area is 159 Å². The van der Waals surface area contributed by atoms with Crippen molar-refractivity contribution >= 4 is 21.6 Å². The van der Waals surface area contributed by atoms with Crippen LogP contribution in [0.1, 0.15) is 23.5 Å². The van der Waals surface area contributed by atoms with Gasteiger partial charge in [-0.15, -0.1) is 0 Å². The van der Waals surface area contributed by atoms with Crippen molar-refractivity contribution in [3.63, 3.8) is 0 Å². The highest BCUT2D eigenvalue weighted by Gasteiger charge is 2.19. The van der Waals surface area contributed by atoms with E-state index < -0.39 is 10.0 Å². The monoisotopic (exact) mass is 385 g/mol. The quantitative estimate of drug-likeness (QED) is 0.632. The normalized spacial score (nSPS) is 11.6. The Bertz CT molecular complexity index is 905. The van der Waals surface area contributed by atoms with Crippen LogP contribution in [0.2, 0.25) is 5.02 Å². The second-order valence-corrected chi connectivity index (χ2v) is 8.13. The van der Waals surface area contributed by atoms with Crippen molar-refractivity contribution in [1.29, 1.82) is 0 Å². The molecule has 0 aliphatic rings. The summed E-state index contributed by atoms with van der Waals surface area (Å²) in [5, 5.41) is 0.225. The first-order valence-corrected chi connectivity index (χ1v) is 10.3. The molecule has 134 valence electrons. The van der Waals surface area contributed by atoms with E-state index in [1.54, 1.807) is 18.2 Å². The molecule has 0 saturated carbocycles. The van der Waals surface area contributed by atoms with Gasteiger partial charge in [0.05, 0.1) is 5.02 Å². The number of hydrogen-bond acceptors (Lipinski definition) is 2. The zero-order valence-corrected chi connectivity index (χ0v) is 15.7. The van der Waals surface area contributed by atoms with Crippen LogP contribution in [-0.2, 0) is 10.0 Å². The van der Waals surface area contributed by atoms with Gasteiger partial charge in [-0.3, -0.25) is 0 Å². The number of rotatable bonds is 7. The van der Waals surface area contributed by atoms with E-state index in [0.717, 1.165) is 11.1 Å². The molecule has 5 heteroatoms. The highest BCUT2D eigenvalue weighted by Crippen LogP contribution is 2.28. The topological polar surface area (TPSA) is 46.2 Å². The van der Waals surface area contributed by atoms with E-state index >= 15 is 0 Å². The Hall–Kier alpha value is -2.14. The van der Waals surface area contributed by atoms with E-state index in [4.69, 9.17) is 11.6 Å². The van der Waals surface area contributed by atoms with E-state index in [9.17, 15) is 8.42 Å². The lowest BCUT2D eigenvalue weighted by Crippen LogP contribution is -2.26. The highest BCUT2D eigenvalue weighted by atomic mass is 35.5. The molecule has 0 aliphatic heterocycles. The molecule has 0 spiro atoms. The van der Waals surface area contributed by atoms with Gasteiger partial charge in [0.25, 0.3) is 0 Å². The second-order valence-electron chi connectivity index (χ2n) is 5.99. The van der Waals surface area contributed by atoms with Crippen molar-refractivity contribution in [2.24, 2.45) is 0 Å². The third kappa shape index (κ3) is 4.52. The van der Waals surface area contributed by atoms with Crippen molar-refractivity contribution in [3.05, 3.63) is 101 Å². The largest absolute Gasteiger partial charge is 0.242 e. The van der Waals surface area contributed by atoms with Gasteiger partial charge in [-0.05, 0) is 29.7 Å². The molecule has 0 amide bonds. The van der Waals surface area contributed by atoms with Gasteiger partial charge in [-0.1, -0.05) is 84.4 Å². The standard InChI is InChI=1S/C21H20ClNO2S/c22-20-13-7-8-14-21(20)26(24,25)23-16-15-19(17-9-3-1-4-10-17)18-11-5-2-6-12-18/h1-14,19,23H,15-16H2. The first-order valence-electron chi connectivity index (χ1n) is 8.42. The lowest BCUT2D eigenvalue weighted by molar-refractivity contribution is 0.575. The summed E-state index contributed by atoms with van der Waals surface area (Å²) in [7, 11) is -3.63. The highest BCUT2D eigenvalue weighted by molar-refractivity contribution is 7.89. The minimum Gasteiger partial charge on any atom is -0.211 e. The summed E-state index contributed by atoms with van der Waals surface area (Å²) in [6, 6.07) is 26.7. The molecule has 0 unspecified atom stereocenters. The van der Waals surface area contributed by atoms with Crippen LogP contribution in [0.15, 0.2) is 89.8 Å². The van der Waals surface area contributed by atoms with Crippen LogP contribution < -0.4 is 4.72 Å². The second kappa shape index (κ2) is 8.49. The minimum atomic E-state index is -3.63. The average Bonchev–Trinajstić information content (AvgIpc) is 2.67. The number of benzene rings is 3. The fourth-order valence-corrected chi connectivity index (χ4v) is 4.54. The number of nitrogens with one attached hydrogen (secondary N) is 1. The van der Waals surface area contributed by atoms with Crippen LogP contribution in [0.25, 0.3) is 0 Å². The summed E-state index contributed by atoms with van der Waals surface area (Å²) in [4.78, 5) is 0.109. The molecule has 0 atom stereocenters. The van der Waals surface area contributed by atoms with Crippen molar-refractivity contribution < 1.29 is 8.42 Å². The van der Waals surface area contributed by atoms with Gasteiger partial charge in [0, 0.05) is 12.5 Å². The summed E-state index contributed by atoms with van der Waals surface area (Å²) in [6.07, 6.45) is 0.651. The maximum atomic E-state index is 12.5. The molecule has 3 aromatic carbocycles. The van der Waals surface area contributed by atoms with Crippen molar-refractivity contribution in [2.75, 3.05) is 6.54 Å². The lowest BCUT2D eigenvalue weighted by atomic mass is 9.89. The van der Waals surface area contributed by atoms with Crippen LogP contribution in [0.3, 0.4) is 0 Å². The molecular formula is C21H20ClNO2S. The molecule has 0 radical (unpaired) electrons. The predicted molar refractivity (Wildman–Crippen MR) is 106 cm³/mol. The Kier molecular flexibility index (Phi) is 6.09. The summed E-state index contributed by atoms with van der Waals surface area (Å²) >= 11 is 6.02. The van der Waals surface area contributed by atoms with E-state index in [0.29, 0.717) is 13.0 Å². The number of sulfonamides is 1. The summed E-state index contributed by atoms with van der Waals surface area (Å²) < 4.78 is 27.7. The van der Waals surface area contributed by atoms with Crippen molar-refractivity contribution in [3.8, 4) is 0 Å². The molecule has 0 saturated heterocycles. The van der Waals surface area contributed by atoms with Gasteiger partial charge in [0.15, 0.2) is 0 Å². The molecule has 3 nitrogen and oxygen atoms in total. The third-order valence-corrected chi connectivity index (χ3v) is 6.22. The van der Waals surface area contributed by atoms with Gasteiger partial charge >= 0.3 is 0 Å². The molecule has 1 N–H and O–H groups in total. The Morgan fingerprint density at radius 2 is 1.27 bits per heavy atom. The van der Waals surface area contributed by atoms with Gasteiger partial charge in [0.1, 0.15) is 4.90 Å². The Balaban J connectivity index is 1.76. The van der Waals surface area contributed by atoms with Gasteiger partial charge in [-0.25, -0.2) is 13.1 Å². The molecule has 0 aliphatic carbocycles. The van der Waals surface area contributed by atoms with Gasteiger partial charge in [0.2, 0.25) is 10.0 Å². The Morgan fingerprint density at radius 3 is 1.81 bits per heavy atom. The molecule has 3 aromatic rings. The predicted octanol–water partition coefficient (Wildman–Crippen LogP) is 4.84. The molecule has 0 fully saturated rings. The lowest BCUT2D eigenvalue weighted by Gasteiger charge is -2.18. The van der Waals surface area contributed by atoms with E-state index in [-0.39, 0.29) is 15.8 Å². The maximum absolute atomic E-state index is 12.5. The maximum Gasteiger partial charge on any atom is 0.242 e. The van der Waals surface area contributed by atoms with Gasteiger partial charge in [-0.2, -0.15) is 0 Å². The van der Waals surface area contributed by atoms with Crippen molar-refractivity contribution in [2.45, 2.75) is 17.2 Å². The summed E-state index contributed by atoms with van der Waals surface area (Å²) in [5.41, 5.74) is 2.33. The minimum absolute atomic E-state index is 0.109. The molecule has 0 heterocycles. The van der Waals surface area contributed by atoms with Crippen LogP contribution in [0.4, 0.5) is 0 Å². The van der Waals surface area contributed by atoms with Crippen molar-refractivity contribution in [1.82, 2.24) is 4.72 Å². The molecule has 26 heavy (non-hydrogen) atoms. The zero-order chi connectivity index (χ0) is 18.4. The molecule has 3 rings (SSSR count). The van der Waals surface area contributed by atoms with Crippen LogP contribution in [0, 0.1) is 0 Å². The third-order valence-electron chi connectivity index (χ3n) is 4.26. The van der Waals surface area contributed by atoms with E-state index in [1.807, 2.05) is 36.4 Å². The molecular weight excluding hydrogens is 366 g/mol. The zero-order valence-electron chi connectivity index (χ0n) is 14.2. The first-order chi connectivity index (χ1) is 12.6. The van der Waals surface area contributed by atoms with E-state index in [1.165, 1.54) is 6.07 Å². The van der Waals surface area contributed by atoms with Crippen LogP contribution in [-0.4, -0.2) is 15.0 Å². The molecule has 0 aromatic heterocycles. The fourth-order valence-electron chi connectivity index (χ4n) is 2.97. The smallest absolute Gasteiger partial charge is 0.211 e. The van der Waals surface area contributed by atoms with Crippen LogP contribution in [0.5, 0.6) is 0 Å². The number of halogens is 1. The van der Waals surface area contributed by atoms with E-state index in [2.05, 4.69) is 29.0 Å². The molecule has 0 bridgehead atoms. The summed E-state index contributed by atoms with van der Waals surface area (Å²) in [5.74, 6) is 0.117. The first kappa shape index (κ1) is 18.6. The van der Waals surface area contributed by atoms with Gasteiger partial charge < -0.3 is 0 Å². The SMILES string of the molecule is O=S(=O)(NCCC(c1ccccc1)c1ccccc1)c1ccccc1Cl. The fraction of sp³-hybridized carbons (Fsp3) is 0.143. The summed E-state index contributed by atoms with van der Waals surface area (Å²) in [6.45, 7) is 0.321. The van der Waals surface area contributed by atoms with Crippen LogP contribution >= 0.6 is 11.6 Å².